The van der Waals surface area contributed by atoms with E-state index in [0.29, 0.717) is 0 Å². The minimum absolute atomic E-state index is 0.785. The molecule has 1 aromatic heterocycles. The zero-order valence-electron chi connectivity index (χ0n) is 6.69. The summed E-state index contributed by atoms with van der Waals surface area (Å²) < 4.78 is 4.52. The Balaban J connectivity index is 2.55. The summed E-state index contributed by atoms with van der Waals surface area (Å²) in [6.07, 6.45) is 1.61. The first-order chi connectivity index (χ1) is 5.88. The van der Waals surface area contributed by atoms with Gasteiger partial charge in [0.25, 0.3) is 0 Å². The van der Waals surface area contributed by atoms with Crippen LogP contribution < -0.4 is 0 Å². The van der Waals surface area contributed by atoms with Crippen molar-refractivity contribution in [3.8, 4) is 11.3 Å². The molecule has 0 aliphatic carbocycles. The molecule has 0 fully saturated rings. The third-order valence-electron chi connectivity index (χ3n) is 1.78. The Bertz CT molecular complexity index is 368. The first-order valence-corrected chi connectivity index (χ1v) is 3.71. The predicted molar refractivity (Wildman–Crippen MR) is 44.5 cm³/mol. The quantitative estimate of drug-likeness (QED) is 0.640. The molecule has 3 nitrogen and oxygen atoms in total. The van der Waals surface area contributed by atoms with Gasteiger partial charge in [0, 0.05) is 5.56 Å². The number of aromatic nitrogens is 2. The fourth-order valence-corrected chi connectivity index (χ4v) is 1.14. The molecule has 0 aliphatic rings. The minimum Gasteiger partial charge on any atom is -0.244 e. The topological polar surface area (TPSA) is 38.9 Å². The molecule has 12 heavy (non-hydrogen) atoms. The molecule has 0 spiro atoms. The molecule has 0 unspecified atom stereocenters. The fraction of sp³-hybridized carbons (Fsp3) is 0.111. The second-order valence-corrected chi connectivity index (χ2v) is 2.61. The van der Waals surface area contributed by atoms with Crippen LogP contribution in [0.3, 0.4) is 0 Å². The molecular weight excluding hydrogens is 152 g/mol. The molecule has 0 atom stereocenters. The largest absolute Gasteiger partial charge is 0.244 e. The Morgan fingerprint density at radius 1 is 1.25 bits per heavy atom. The highest BCUT2D eigenvalue weighted by Crippen LogP contribution is 2.19. The molecular formula is C9H8N2O. The van der Waals surface area contributed by atoms with Crippen molar-refractivity contribution in [3.63, 3.8) is 0 Å². The smallest absolute Gasteiger partial charge is 0.135 e. The van der Waals surface area contributed by atoms with Gasteiger partial charge in [-0.3, -0.25) is 0 Å². The fourth-order valence-electron chi connectivity index (χ4n) is 1.14. The van der Waals surface area contributed by atoms with Crippen LogP contribution in [0.2, 0.25) is 0 Å². The van der Waals surface area contributed by atoms with Gasteiger partial charge in [0.1, 0.15) is 5.69 Å². The summed E-state index contributed by atoms with van der Waals surface area (Å²) in [5.41, 5.74) is 3.03. The van der Waals surface area contributed by atoms with Crippen molar-refractivity contribution < 1.29 is 4.63 Å². The number of aryl methyl sites for hydroxylation is 1. The lowest BCUT2D eigenvalue weighted by Crippen LogP contribution is -1.80. The van der Waals surface area contributed by atoms with E-state index < -0.39 is 0 Å². The monoisotopic (exact) mass is 160 g/mol. The number of nitrogens with zero attached hydrogens (tertiary/aromatic N) is 2. The van der Waals surface area contributed by atoms with Crippen molar-refractivity contribution in [3.05, 3.63) is 36.0 Å². The van der Waals surface area contributed by atoms with Gasteiger partial charge in [-0.05, 0) is 17.6 Å². The van der Waals surface area contributed by atoms with Crippen molar-refractivity contribution in [2.45, 2.75) is 6.92 Å². The Morgan fingerprint density at radius 3 is 2.75 bits per heavy atom. The van der Waals surface area contributed by atoms with Gasteiger partial charge in [-0.2, -0.15) is 0 Å². The standard InChI is InChI=1S/C9H8N2O/c1-7-4-2-3-5-8(7)9-6-10-12-11-9/h2-6H,1H3. The number of hydrogen-bond acceptors (Lipinski definition) is 3. The van der Waals surface area contributed by atoms with E-state index in [-0.39, 0.29) is 0 Å². The van der Waals surface area contributed by atoms with Crippen LogP contribution in [0.1, 0.15) is 5.56 Å². The molecule has 0 saturated carbocycles. The van der Waals surface area contributed by atoms with Gasteiger partial charge in [-0.15, -0.1) is 0 Å². The molecule has 2 rings (SSSR count). The van der Waals surface area contributed by atoms with E-state index in [1.54, 1.807) is 6.20 Å². The van der Waals surface area contributed by atoms with Crippen molar-refractivity contribution in [1.82, 2.24) is 10.3 Å². The summed E-state index contributed by atoms with van der Waals surface area (Å²) in [4.78, 5) is 0. The molecule has 0 saturated heterocycles. The maximum absolute atomic E-state index is 4.52. The van der Waals surface area contributed by atoms with Crippen molar-refractivity contribution in [2.24, 2.45) is 0 Å². The third-order valence-corrected chi connectivity index (χ3v) is 1.78. The highest BCUT2D eigenvalue weighted by molar-refractivity contribution is 5.61. The average Bonchev–Trinajstić information content (AvgIpc) is 2.57. The van der Waals surface area contributed by atoms with E-state index >= 15 is 0 Å². The molecule has 1 heterocycles. The maximum Gasteiger partial charge on any atom is 0.135 e. The summed E-state index contributed by atoms with van der Waals surface area (Å²) in [7, 11) is 0. The molecule has 60 valence electrons. The SMILES string of the molecule is Cc1ccccc1-c1cnon1. The van der Waals surface area contributed by atoms with Crippen molar-refractivity contribution in [1.29, 1.82) is 0 Å². The van der Waals surface area contributed by atoms with E-state index in [9.17, 15) is 0 Å². The molecule has 2 aromatic rings. The lowest BCUT2D eigenvalue weighted by Gasteiger charge is -1.97. The highest BCUT2D eigenvalue weighted by Gasteiger charge is 2.03. The van der Waals surface area contributed by atoms with Crippen LogP contribution >= 0.6 is 0 Å². The van der Waals surface area contributed by atoms with Crippen LogP contribution in [0, 0.1) is 6.92 Å². The maximum atomic E-state index is 4.52. The average molecular weight is 160 g/mol. The van der Waals surface area contributed by atoms with Gasteiger partial charge in [-0.25, -0.2) is 4.63 Å². The highest BCUT2D eigenvalue weighted by atomic mass is 16.6. The van der Waals surface area contributed by atoms with Gasteiger partial charge in [-0.1, -0.05) is 29.4 Å². The summed E-state index contributed by atoms with van der Waals surface area (Å²) in [6, 6.07) is 7.99. The third kappa shape index (κ3) is 1.09. The Labute approximate surface area is 70.0 Å². The van der Waals surface area contributed by atoms with E-state index in [2.05, 4.69) is 14.9 Å². The predicted octanol–water partition coefficient (Wildman–Crippen LogP) is 2.05. The Morgan fingerprint density at radius 2 is 2.08 bits per heavy atom. The second kappa shape index (κ2) is 2.77. The van der Waals surface area contributed by atoms with Gasteiger partial charge < -0.3 is 0 Å². The molecule has 1 aromatic carbocycles. The Hall–Kier alpha value is -1.64. The summed E-state index contributed by atoms with van der Waals surface area (Å²) in [5, 5.41) is 7.31. The van der Waals surface area contributed by atoms with Crippen LogP contribution in [-0.4, -0.2) is 10.3 Å². The van der Waals surface area contributed by atoms with E-state index in [4.69, 9.17) is 0 Å². The molecule has 0 aliphatic heterocycles. The lowest BCUT2D eigenvalue weighted by molar-refractivity contribution is 0.308. The molecule has 0 amide bonds. The van der Waals surface area contributed by atoms with Crippen molar-refractivity contribution in [2.75, 3.05) is 0 Å². The molecule has 0 bridgehead atoms. The molecule has 3 heteroatoms. The lowest BCUT2D eigenvalue weighted by atomic mass is 10.1. The van der Waals surface area contributed by atoms with Crippen LogP contribution in [0.4, 0.5) is 0 Å². The van der Waals surface area contributed by atoms with Gasteiger partial charge in [0.15, 0.2) is 0 Å². The van der Waals surface area contributed by atoms with Gasteiger partial charge in [0.2, 0.25) is 0 Å². The number of hydrogen-bond donors (Lipinski definition) is 0. The van der Waals surface area contributed by atoms with Gasteiger partial charge in [0.05, 0.1) is 6.20 Å². The van der Waals surface area contributed by atoms with E-state index in [1.807, 2.05) is 31.2 Å². The number of rotatable bonds is 1. The second-order valence-electron chi connectivity index (χ2n) is 2.61. The first kappa shape index (κ1) is 7.03. The van der Waals surface area contributed by atoms with Crippen LogP contribution in [0.15, 0.2) is 35.1 Å². The number of benzene rings is 1. The zero-order chi connectivity index (χ0) is 8.39. The van der Waals surface area contributed by atoms with Crippen molar-refractivity contribution >= 4 is 0 Å². The summed E-state index contributed by atoms with van der Waals surface area (Å²) >= 11 is 0. The molecule has 0 N–H and O–H groups in total. The summed E-state index contributed by atoms with van der Waals surface area (Å²) in [6.45, 7) is 2.03. The van der Waals surface area contributed by atoms with Crippen LogP contribution in [0.25, 0.3) is 11.3 Å². The minimum atomic E-state index is 0.785. The Kier molecular flexibility index (Phi) is 1.63. The van der Waals surface area contributed by atoms with E-state index in [1.165, 1.54) is 5.56 Å². The van der Waals surface area contributed by atoms with E-state index in [0.717, 1.165) is 11.3 Å². The van der Waals surface area contributed by atoms with Gasteiger partial charge >= 0.3 is 0 Å². The summed E-state index contributed by atoms with van der Waals surface area (Å²) in [5.74, 6) is 0. The van der Waals surface area contributed by atoms with Crippen LogP contribution in [-0.2, 0) is 0 Å². The first-order valence-electron chi connectivity index (χ1n) is 3.71. The van der Waals surface area contributed by atoms with Crippen LogP contribution in [0.5, 0.6) is 0 Å². The molecule has 0 radical (unpaired) electrons. The normalized spacial score (nSPS) is 10.1. The zero-order valence-corrected chi connectivity index (χ0v) is 6.69.